The smallest absolute Gasteiger partial charge is 0.323 e. The number of ether oxygens (including phenoxy) is 1. The fraction of sp³-hybridized carbons (Fsp3) is 0.583. The van der Waals surface area contributed by atoms with Gasteiger partial charge in [0.1, 0.15) is 11.9 Å². The van der Waals surface area contributed by atoms with Crippen LogP contribution in [0.4, 0.5) is 0 Å². The number of methoxy groups -OCH3 is 1. The lowest BCUT2D eigenvalue weighted by atomic mass is 9.49. The average molecular weight is 394 g/mol. The van der Waals surface area contributed by atoms with E-state index in [0.29, 0.717) is 6.42 Å². The summed E-state index contributed by atoms with van der Waals surface area (Å²) < 4.78 is 7.22. The Hall–Kier alpha value is -2.14. The highest BCUT2D eigenvalue weighted by Gasteiger charge is 2.53. The van der Waals surface area contributed by atoms with Gasteiger partial charge in [0, 0.05) is 30.3 Å². The molecule has 1 atom stereocenters. The predicted molar refractivity (Wildman–Crippen MR) is 111 cm³/mol. The molecule has 0 spiro atoms. The summed E-state index contributed by atoms with van der Waals surface area (Å²) >= 11 is 0. The number of imidazole rings is 1. The van der Waals surface area contributed by atoms with E-state index in [1.165, 1.54) is 57.0 Å². The van der Waals surface area contributed by atoms with Gasteiger partial charge in [-0.25, -0.2) is 4.98 Å². The van der Waals surface area contributed by atoms with Gasteiger partial charge in [-0.2, -0.15) is 0 Å². The molecule has 4 fully saturated rings. The first kappa shape index (κ1) is 18.9. The number of rotatable bonds is 6. The van der Waals surface area contributed by atoms with Crippen molar-refractivity contribution in [3.8, 4) is 0 Å². The van der Waals surface area contributed by atoms with Crippen molar-refractivity contribution in [1.82, 2.24) is 9.55 Å². The molecule has 5 nitrogen and oxygen atoms in total. The molecule has 0 radical (unpaired) electrons. The number of nitrogens with two attached hydrogens (primary N) is 1. The van der Waals surface area contributed by atoms with Gasteiger partial charge < -0.3 is 15.0 Å². The van der Waals surface area contributed by atoms with Crippen LogP contribution in [0.5, 0.6) is 0 Å². The SMILES string of the molecule is COC(=O)[C@@H](N)Cc1cnc(C23CC4CC(CC(C4)C2)C3)n1Cc1ccccc1. The van der Waals surface area contributed by atoms with Gasteiger partial charge in [-0.05, 0) is 61.8 Å². The van der Waals surface area contributed by atoms with Crippen molar-refractivity contribution < 1.29 is 9.53 Å². The number of carbonyl (C=O) groups excluding carboxylic acids is 1. The van der Waals surface area contributed by atoms with Gasteiger partial charge in [0.15, 0.2) is 0 Å². The lowest BCUT2D eigenvalue weighted by Crippen LogP contribution is -2.50. The van der Waals surface area contributed by atoms with E-state index >= 15 is 0 Å². The van der Waals surface area contributed by atoms with Crippen LogP contribution in [0, 0.1) is 17.8 Å². The molecule has 2 N–H and O–H groups in total. The first-order chi connectivity index (χ1) is 14.1. The molecule has 4 bridgehead atoms. The Morgan fingerprint density at radius 2 is 1.79 bits per heavy atom. The third-order valence-corrected chi connectivity index (χ3v) is 7.57. The van der Waals surface area contributed by atoms with Gasteiger partial charge in [0.2, 0.25) is 0 Å². The standard InChI is InChI=1S/C24H31N3O2/c1-29-22(28)21(25)10-20-14-26-23(27(20)15-16-5-3-2-4-6-16)24-11-17-7-18(12-24)9-19(8-17)13-24/h2-6,14,17-19,21H,7-13,15,25H2,1H3/t17?,18?,19?,21-,24?/m0/s1. The van der Waals surface area contributed by atoms with E-state index < -0.39 is 6.04 Å². The van der Waals surface area contributed by atoms with Crippen molar-refractivity contribution in [2.24, 2.45) is 23.5 Å². The number of aromatic nitrogens is 2. The zero-order valence-corrected chi connectivity index (χ0v) is 17.2. The Bertz CT molecular complexity index is 854. The molecule has 4 aliphatic carbocycles. The first-order valence-electron chi connectivity index (χ1n) is 11.0. The van der Waals surface area contributed by atoms with Crippen LogP contribution in [0.25, 0.3) is 0 Å². The van der Waals surface area contributed by atoms with E-state index in [1.807, 2.05) is 12.3 Å². The van der Waals surface area contributed by atoms with Crippen molar-refractivity contribution in [2.75, 3.05) is 7.11 Å². The maximum absolute atomic E-state index is 11.9. The van der Waals surface area contributed by atoms with Crippen molar-refractivity contribution in [1.29, 1.82) is 0 Å². The van der Waals surface area contributed by atoms with Gasteiger partial charge in [-0.1, -0.05) is 30.3 Å². The molecule has 1 heterocycles. The Kier molecular flexibility index (Phi) is 4.73. The van der Waals surface area contributed by atoms with Gasteiger partial charge in [0.05, 0.1) is 7.11 Å². The highest BCUT2D eigenvalue weighted by Crippen LogP contribution is 2.60. The van der Waals surface area contributed by atoms with Gasteiger partial charge in [-0.3, -0.25) is 4.79 Å². The highest BCUT2D eigenvalue weighted by atomic mass is 16.5. The maximum atomic E-state index is 11.9. The minimum absolute atomic E-state index is 0.205. The first-order valence-corrected chi connectivity index (χ1v) is 11.0. The topological polar surface area (TPSA) is 70.1 Å². The second-order valence-corrected chi connectivity index (χ2v) is 9.68. The largest absolute Gasteiger partial charge is 0.468 e. The third kappa shape index (κ3) is 3.39. The summed E-state index contributed by atoms with van der Waals surface area (Å²) in [5.74, 6) is 3.46. The molecule has 0 aliphatic heterocycles. The third-order valence-electron chi connectivity index (χ3n) is 7.57. The van der Waals surface area contributed by atoms with Crippen LogP contribution in [0.3, 0.4) is 0 Å². The summed E-state index contributed by atoms with van der Waals surface area (Å²) in [5, 5.41) is 0. The van der Waals surface area contributed by atoms with Crippen molar-refractivity contribution in [3.63, 3.8) is 0 Å². The summed E-state index contributed by atoms with van der Waals surface area (Å²) in [6.07, 6.45) is 10.5. The van der Waals surface area contributed by atoms with E-state index in [-0.39, 0.29) is 11.4 Å². The Labute approximate surface area is 172 Å². The molecule has 29 heavy (non-hydrogen) atoms. The van der Waals surface area contributed by atoms with Crippen LogP contribution in [-0.4, -0.2) is 28.7 Å². The van der Waals surface area contributed by atoms with Crippen molar-refractivity contribution in [2.45, 2.75) is 62.9 Å². The lowest BCUT2D eigenvalue weighted by Gasteiger charge is -2.56. The lowest BCUT2D eigenvalue weighted by molar-refractivity contribution is -0.142. The van der Waals surface area contributed by atoms with Gasteiger partial charge in [0.25, 0.3) is 0 Å². The molecule has 4 saturated carbocycles. The van der Waals surface area contributed by atoms with Crippen LogP contribution in [0.1, 0.15) is 55.6 Å². The summed E-state index contributed by atoms with van der Waals surface area (Å²) in [6.45, 7) is 0.779. The molecule has 1 aromatic carbocycles. The molecule has 6 rings (SSSR count). The Balaban J connectivity index is 1.52. The van der Waals surface area contributed by atoms with E-state index in [9.17, 15) is 4.79 Å². The molecule has 154 valence electrons. The van der Waals surface area contributed by atoms with E-state index in [4.69, 9.17) is 15.5 Å². The molecule has 5 heteroatoms. The molecular weight excluding hydrogens is 362 g/mol. The second kappa shape index (κ2) is 7.28. The van der Waals surface area contributed by atoms with Gasteiger partial charge in [-0.15, -0.1) is 0 Å². The quantitative estimate of drug-likeness (QED) is 0.763. The molecular formula is C24H31N3O2. The number of esters is 1. The maximum Gasteiger partial charge on any atom is 0.323 e. The number of hydrogen-bond donors (Lipinski definition) is 1. The molecule has 1 aromatic heterocycles. The highest BCUT2D eigenvalue weighted by molar-refractivity contribution is 5.75. The minimum atomic E-state index is -0.657. The molecule has 0 amide bonds. The van der Waals surface area contributed by atoms with Crippen LogP contribution in [0.15, 0.2) is 36.5 Å². The summed E-state index contributed by atoms with van der Waals surface area (Å²) in [4.78, 5) is 16.9. The van der Waals surface area contributed by atoms with E-state index in [0.717, 1.165) is 30.0 Å². The van der Waals surface area contributed by atoms with Crippen LogP contribution in [0.2, 0.25) is 0 Å². The van der Waals surface area contributed by atoms with Crippen molar-refractivity contribution >= 4 is 5.97 Å². The van der Waals surface area contributed by atoms with Crippen molar-refractivity contribution in [3.05, 3.63) is 53.6 Å². The van der Waals surface area contributed by atoms with E-state index in [2.05, 4.69) is 28.8 Å². The fourth-order valence-corrected chi connectivity index (χ4v) is 6.78. The number of nitrogens with zero attached hydrogens (tertiary/aromatic N) is 2. The molecule has 0 unspecified atom stereocenters. The molecule has 0 saturated heterocycles. The number of benzene rings is 1. The Morgan fingerprint density at radius 1 is 1.17 bits per heavy atom. The van der Waals surface area contributed by atoms with Gasteiger partial charge >= 0.3 is 5.97 Å². The average Bonchev–Trinajstić information content (AvgIpc) is 3.10. The summed E-state index contributed by atoms with van der Waals surface area (Å²) in [6, 6.07) is 9.87. The van der Waals surface area contributed by atoms with Crippen LogP contribution >= 0.6 is 0 Å². The molecule has 2 aromatic rings. The predicted octanol–water partition coefficient (Wildman–Crippen LogP) is 3.44. The monoisotopic (exact) mass is 393 g/mol. The normalized spacial score (nSPS) is 31.0. The number of carbonyl (C=O) groups is 1. The zero-order valence-electron chi connectivity index (χ0n) is 17.2. The second-order valence-electron chi connectivity index (χ2n) is 9.68. The van der Waals surface area contributed by atoms with E-state index in [1.54, 1.807) is 0 Å². The van der Waals surface area contributed by atoms with Crippen LogP contribution < -0.4 is 5.73 Å². The number of hydrogen-bond acceptors (Lipinski definition) is 4. The summed E-state index contributed by atoms with van der Waals surface area (Å²) in [7, 11) is 1.39. The van der Waals surface area contributed by atoms with Crippen LogP contribution in [-0.2, 0) is 27.9 Å². The summed E-state index contributed by atoms with van der Waals surface area (Å²) in [5.41, 5.74) is 8.62. The zero-order chi connectivity index (χ0) is 20.0. The minimum Gasteiger partial charge on any atom is -0.468 e. The molecule has 4 aliphatic rings. The Morgan fingerprint density at radius 3 is 2.38 bits per heavy atom. The fourth-order valence-electron chi connectivity index (χ4n) is 6.78.